The molecule has 8 nitrogen and oxygen atoms in total. The van der Waals surface area contributed by atoms with Crippen LogP contribution in [0.25, 0.3) is 22.2 Å². The highest BCUT2D eigenvalue weighted by Gasteiger charge is 2.27. The zero-order chi connectivity index (χ0) is 21.5. The molecule has 0 bridgehead atoms. The molecular weight excluding hydrogens is 397 g/mol. The fraction of sp³-hybridized carbons (Fsp3) is 0.318. The zero-order valence-electron chi connectivity index (χ0n) is 17.4. The van der Waals surface area contributed by atoms with Crippen molar-refractivity contribution in [1.82, 2.24) is 19.7 Å². The van der Waals surface area contributed by atoms with Crippen molar-refractivity contribution in [2.45, 2.75) is 38.6 Å². The maximum Gasteiger partial charge on any atom is 0.226 e. The monoisotopic (exact) mass is 421 g/mol. The number of anilines is 3. The number of nitrogens with two attached hydrogens (primary N) is 1. The summed E-state index contributed by atoms with van der Waals surface area (Å²) in [6, 6.07) is 7.36. The molecule has 1 aromatic carbocycles. The van der Waals surface area contributed by atoms with Crippen molar-refractivity contribution < 1.29 is 8.91 Å². The van der Waals surface area contributed by atoms with Gasteiger partial charge in [0.1, 0.15) is 23.6 Å². The van der Waals surface area contributed by atoms with E-state index in [0.717, 1.165) is 40.7 Å². The van der Waals surface area contributed by atoms with Gasteiger partial charge in [-0.25, -0.2) is 14.4 Å². The number of hydrogen-bond donors (Lipinski definition) is 3. The molecule has 1 aliphatic rings. The van der Waals surface area contributed by atoms with Crippen molar-refractivity contribution in [3.8, 4) is 11.1 Å². The highest BCUT2D eigenvalue weighted by Crippen LogP contribution is 2.42. The van der Waals surface area contributed by atoms with E-state index in [1.54, 1.807) is 6.07 Å². The molecule has 3 aromatic heterocycles. The zero-order valence-corrected chi connectivity index (χ0v) is 17.4. The van der Waals surface area contributed by atoms with Gasteiger partial charge in [-0.15, -0.1) is 0 Å². The molecule has 0 unspecified atom stereocenters. The Morgan fingerprint density at radius 2 is 2.06 bits per heavy atom. The van der Waals surface area contributed by atoms with Crippen LogP contribution in [0.4, 0.5) is 21.8 Å². The second-order valence-electron chi connectivity index (χ2n) is 8.13. The number of hydrogen-bond acceptors (Lipinski definition) is 7. The molecular formula is C22H24FN7O. The van der Waals surface area contributed by atoms with Crippen LogP contribution in [-0.2, 0) is 0 Å². The summed E-state index contributed by atoms with van der Waals surface area (Å²) in [6.07, 6.45) is 5.70. The third-order valence-electron chi connectivity index (χ3n) is 5.52. The van der Waals surface area contributed by atoms with E-state index in [-0.39, 0.29) is 11.7 Å². The molecule has 1 saturated carbocycles. The minimum Gasteiger partial charge on any atom is -0.383 e. The first kappa shape index (κ1) is 19.3. The first-order valence-electron chi connectivity index (χ1n) is 10.4. The van der Waals surface area contributed by atoms with Gasteiger partial charge in [0.25, 0.3) is 0 Å². The Labute approximate surface area is 178 Å². The summed E-state index contributed by atoms with van der Waals surface area (Å²) in [6.45, 7) is 4.38. The maximum atomic E-state index is 14.9. The van der Waals surface area contributed by atoms with Crippen molar-refractivity contribution in [2.75, 3.05) is 23.0 Å². The minimum atomic E-state index is -0.359. The molecule has 160 valence electrons. The van der Waals surface area contributed by atoms with Gasteiger partial charge < -0.3 is 25.5 Å². The number of halogens is 1. The van der Waals surface area contributed by atoms with E-state index in [2.05, 4.69) is 30.3 Å². The Morgan fingerprint density at radius 3 is 2.77 bits per heavy atom. The first-order valence-corrected chi connectivity index (χ1v) is 10.4. The number of nitrogen functional groups attached to an aromatic ring is 1. The molecule has 0 radical (unpaired) electrons. The second kappa shape index (κ2) is 7.57. The Bertz CT molecular complexity index is 1240. The summed E-state index contributed by atoms with van der Waals surface area (Å²) >= 11 is 0. The Morgan fingerprint density at radius 1 is 1.23 bits per heavy atom. The van der Waals surface area contributed by atoms with Gasteiger partial charge >= 0.3 is 0 Å². The predicted octanol–water partition coefficient (Wildman–Crippen LogP) is 4.75. The first-order chi connectivity index (χ1) is 15.0. The van der Waals surface area contributed by atoms with Gasteiger partial charge in [0.05, 0.1) is 23.4 Å². The predicted molar refractivity (Wildman–Crippen MR) is 118 cm³/mol. The van der Waals surface area contributed by atoms with Crippen molar-refractivity contribution in [3.63, 3.8) is 0 Å². The summed E-state index contributed by atoms with van der Waals surface area (Å²) in [5.74, 6) is 0.862. The van der Waals surface area contributed by atoms with Crippen LogP contribution in [0.2, 0.25) is 0 Å². The highest BCUT2D eigenvalue weighted by atomic mass is 19.1. The summed E-state index contributed by atoms with van der Waals surface area (Å²) in [5.41, 5.74) is 9.77. The average molecular weight is 421 g/mol. The lowest BCUT2D eigenvalue weighted by atomic mass is 10.1. The van der Waals surface area contributed by atoms with E-state index in [9.17, 15) is 4.39 Å². The topological polar surface area (TPSA) is 107 Å². The lowest BCUT2D eigenvalue weighted by Gasteiger charge is -2.09. The molecule has 4 aromatic rings. The fourth-order valence-electron chi connectivity index (χ4n) is 3.66. The van der Waals surface area contributed by atoms with Gasteiger partial charge in [0.15, 0.2) is 0 Å². The third kappa shape index (κ3) is 3.67. The largest absolute Gasteiger partial charge is 0.383 e. The molecule has 31 heavy (non-hydrogen) atoms. The van der Waals surface area contributed by atoms with Crippen LogP contribution in [0, 0.1) is 5.82 Å². The molecule has 0 aliphatic heterocycles. The quantitative estimate of drug-likeness (QED) is 0.370. The lowest BCUT2D eigenvalue weighted by molar-refractivity contribution is 0.420. The molecule has 0 atom stereocenters. The fourth-order valence-corrected chi connectivity index (χ4v) is 3.66. The van der Waals surface area contributed by atoms with Gasteiger partial charge in [-0.05, 0) is 36.5 Å². The molecule has 3 heterocycles. The molecule has 9 heteroatoms. The summed E-state index contributed by atoms with van der Waals surface area (Å²) in [4.78, 5) is 8.55. The summed E-state index contributed by atoms with van der Waals surface area (Å²) in [5, 5.41) is 10.8. The minimum absolute atomic E-state index is 0.280. The summed E-state index contributed by atoms with van der Waals surface area (Å²) in [7, 11) is 0. The van der Waals surface area contributed by atoms with Gasteiger partial charge in [-0.3, -0.25) is 0 Å². The van der Waals surface area contributed by atoms with Crippen LogP contribution in [0.15, 0.2) is 41.3 Å². The van der Waals surface area contributed by atoms with Gasteiger partial charge in [-0.1, -0.05) is 25.1 Å². The van der Waals surface area contributed by atoms with E-state index >= 15 is 0 Å². The Balaban J connectivity index is 1.36. The number of nitrogens with one attached hydrogen (secondary N) is 2. The van der Waals surface area contributed by atoms with Gasteiger partial charge in [0, 0.05) is 23.9 Å². The molecule has 0 amide bonds. The Hall–Kier alpha value is -3.62. The average Bonchev–Trinajstić information content (AvgIpc) is 3.33. The van der Waals surface area contributed by atoms with E-state index in [1.807, 2.05) is 32.2 Å². The number of benzene rings is 1. The highest BCUT2D eigenvalue weighted by molar-refractivity contribution is 6.00. The standard InChI is InChI=1S/C22H24FN7O/c1-12(2)18-8-19(31-29-18)26-10-25-17-6-3-13(7-16(17)23)15-9-30(14-4-5-14)22-20(15)21(24)27-11-28-22/h3,6-9,11-12,14,25-26H,4-5,10H2,1-2H3,(H2,24,27,28). The second-order valence-corrected chi connectivity index (χ2v) is 8.13. The van der Waals surface area contributed by atoms with Crippen molar-refractivity contribution in [1.29, 1.82) is 0 Å². The SMILES string of the molecule is CC(C)c1cc(NCNc2ccc(-c3cn(C4CC4)c4ncnc(N)c34)cc2F)on1. The molecule has 1 aliphatic carbocycles. The van der Waals surface area contributed by atoms with Crippen LogP contribution in [0.5, 0.6) is 0 Å². The third-order valence-corrected chi connectivity index (χ3v) is 5.52. The molecule has 0 spiro atoms. The smallest absolute Gasteiger partial charge is 0.226 e. The lowest BCUT2D eigenvalue weighted by Crippen LogP contribution is -2.12. The van der Waals surface area contributed by atoms with Crippen molar-refractivity contribution in [3.05, 3.63) is 48.3 Å². The van der Waals surface area contributed by atoms with Crippen LogP contribution in [0.3, 0.4) is 0 Å². The van der Waals surface area contributed by atoms with Gasteiger partial charge in [0.2, 0.25) is 5.88 Å². The van der Waals surface area contributed by atoms with Crippen LogP contribution in [0.1, 0.15) is 44.3 Å². The molecule has 5 rings (SSSR count). The van der Waals surface area contributed by atoms with E-state index in [4.69, 9.17) is 10.3 Å². The van der Waals surface area contributed by atoms with Crippen LogP contribution < -0.4 is 16.4 Å². The summed E-state index contributed by atoms with van der Waals surface area (Å²) < 4.78 is 22.2. The number of rotatable bonds is 7. The van der Waals surface area contributed by atoms with Crippen LogP contribution >= 0.6 is 0 Å². The van der Waals surface area contributed by atoms with Crippen molar-refractivity contribution >= 4 is 28.4 Å². The van der Waals surface area contributed by atoms with Crippen molar-refractivity contribution in [2.24, 2.45) is 0 Å². The molecule has 1 fully saturated rings. The van der Waals surface area contributed by atoms with E-state index in [0.29, 0.717) is 30.1 Å². The Kier molecular flexibility index (Phi) is 4.72. The van der Waals surface area contributed by atoms with Gasteiger partial charge in [-0.2, -0.15) is 0 Å². The maximum absolute atomic E-state index is 14.9. The number of nitrogens with zero attached hydrogens (tertiary/aromatic N) is 4. The number of aromatic nitrogens is 4. The van der Waals surface area contributed by atoms with E-state index in [1.165, 1.54) is 12.4 Å². The normalized spacial score (nSPS) is 13.8. The number of fused-ring (bicyclic) bond motifs is 1. The van der Waals surface area contributed by atoms with E-state index < -0.39 is 0 Å². The van der Waals surface area contributed by atoms with Crippen LogP contribution in [-0.4, -0.2) is 26.4 Å². The molecule has 0 saturated heterocycles. The molecule has 4 N–H and O–H groups in total.